The van der Waals surface area contributed by atoms with Crippen molar-refractivity contribution in [2.45, 2.75) is 33.1 Å². The van der Waals surface area contributed by atoms with E-state index in [1.807, 2.05) is 13.8 Å². The van der Waals surface area contributed by atoms with Gasteiger partial charge in [-0.3, -0.25) is 0 Å². The third-order valence-electron chi connectivity index (χ3n) is 2.70. The molecule has 1 heterocycles. The van der Waals surface area contributed by atoms with Crippen LogP contribution in [0.5, 0.6) is 5.88 Å². The fourth-order valence-corrected chi connectivity index (χ4v) is 1.60. The molecule has 0 saturated heterocycles. The number of rotatable bonds is 4. The smallest absolute Gasteiger partial charge is 0.252 e. The van der Waals surface area contributed by atoms with Gasteiger partial charge in [0.25, 0.3) is 5.88 Å². The van der Waals surface area contributed by atoms with Gasteiger partial charge < -0.3 is 4.74 Å². The Hall–Kier alpha value is -0.830. The van der Waals surface area contributed by atoms with Crippen LogP contribution in [-0.2, 0) is 0 Å². The molecule has 1 aliphatic carbocycles. The lowest BCUT2D eigenvalue weighted by Gasteiger charge is -2.07. The summed E-state index contributed by atoms with van der Waals surface area (Å²) in [7, 11) is 0. The van der Waals surface area contributed by atoms with Crippen LogP contribution in [0.25, 0.3) is 0 Å². The first-order chi connectivity index (χ1) is 7.16. The lowest BCUT2D eigenvalue weighted by molar-refractivity contribution is 0.289. The maximum absolute atomic E-state index is 5.93. The number of halogens is 1. The topological polar surface area (TPSA) is 35.0 Å². The lowest BCUT2D eigenvalue weighted by Crippen LogP contribution is -2.03. The molecule has 0 radical (unpaired) electrons. The molecule has 1 aromatic heterocycles. The van der Waals surface area contributed by atoms with E-state index < -0.39 is 0 Å². The molecule has 0 unspecified atom stereocenters. The first kappa shape index (κ1) is 10.7. The average Bonchev–Trinajstić information content (AvgIpc) is 2.97. The second-order valence-corrected chi connectivity index (χ2v) is 4.43. The summed E-state index contributed by atoms with van der Waals surface area (Å²) >= 11 is 5.93. The van der Waals surface area contributed by atoms with E-state index in [4.69, 9.17) is 16.3 Å². The summed E-state index contributed by atoms with van der Waals surface area (Å²) < 4.78 is 5.52. The largest absolute Gasteiger partial charge is 0.475 e. The second kappa shape index (κ2) is 4.35. The van der Waals surface area contributed by atoms with Gasteiger partial charge in [-0.2, -0.15) is 0 Å². The highest BCUT2D eigenvalue weighted by Gasteiger charge is 2.21. The molecule has 3 nitrogen and oxygen atoms in total. The number of aryl methyl sites for hydroxylation is 2. The first-order valence-electron chi connectivity index (χ1n) is 5.30. The first-order valence-corrected chi connectivity index (χ1v) is 5.68. The van der Waals surface area contributed by atoms with Crippen LogP contribution in [0.2, 0.25) is 5.15 Å². The molecule has 4 heteroatoms. The molecule has 1 fully saturated rings. The van der Waals surface area contributed by atoms with Crippen molar-refractivity contribution >= 4 is 11.6 Å². The summed E-state index contributed by atoms with van der Waals surface area (Å²) in [5.41, 5.74) is 1.73. The van der Waals surface area contributed by atoms with E-state index in [0.717, 1.165) is 23.7 Å². The monoisotopic (exact) mass is 226 g/mol. The van der Waals surface area contributed by atoms with Gasteiger partial charge in [0.2, 0.25) is 0 Å². The Morgan fingerprint density at radius 2 is 1.93 bits per heavy atom. The van der Waals surface area contributed by atoms with Crippen LogP contribution in [0.15, 0.2) is 0 Å². The van der Waals surface area contributed by atoms with Gasteiger partial charge in [-0.25, -0.2) is 9.97 Å². The fraction of sp³-hybridized carbons (Fsp3) is 0.636. The molecule has 0 aromatic carbocycles. The normalized spacial score (nSPS) is 15.4. The molecule has 0 bridgehead atoms. The zero-order valence-corrected chi connectivity index (χ0v) is 9.84. The van der Waals surface area contributed by atoms with Crippen LogP contribution in [0.3, 0.4) is 0 Å². The Morgan fingerprint density at radius 1 is 1.27 bits per heavy atom. The van der Waals surface area contributed by atoms with Gasteiger partial charge in [-0.15, -0.1) is 0 Å². The fourth-order valence-electron chi connectivity index (χ4n) is 1.38. The Labute approximate surface area is 94.8 Å². The summed E-state index contributed by atoms with van der Waals surface area (Å²) in [5.74, 6) is 1.34. The van der Waals surface area contributed by atoms with Crippen LogP contribution in [0.4, 0.5) is 0 Å². The predicted octanol–water partition coefficient (Wildman–Crippen LogP) is 2.93. The van der Waals surface area contributed by atoms with E-state index >= 15 is 0 Å². The SMILES string of the molecule is Cc1nc(Cl)c(OCCC2CC2)nc1C. The quantitative estimate of drug-likeness (QED) is 0.792. The Morgan fingerprint density at radius 3 is 2.60 bits per heavy atom. The third kappa shape index (κ3) is 2.81. The van der Waals surface area contributed by atoms with Crippen molar-refractivity contribution in [2.24, 2.45) is 5.92 Å². The van der Waals surface area contributed by atoms with Crippen LogP contribution in [0, 0.1) is 19.8 Å². The molecule has 15 heavy (non-hydrogen) atoms. The Kier molecular flexibility index (Phi) is 3.10. The summed E-state index contributed by atoms with van der Waals surface area (Å²) in [6.45, 7) is 4.50. The molecule has 0 spiro atoms. The minimum Gasteiger partial charge on any atom is -0.475 e. The van der Waals surface area contributed by atoms with E-state index in [0.29, 0.717) is 17.6 Å². The number of ether oxygens (including phenoxy) is 1. The van der Waals surface area contributed by atoms with Crippen molar-refractivity contribution in [1.29, 1.82) is 0 Å². The highest BCUT2D eigenvalue weighted by atomic mass is 35.5. The maximum atomic E-state index is 5.93. The minimum absolute atomic E-state index is 0.369. The van der Waals surface area contributed by atoms with E-state index in [-0.39, 0.29) is 0 Å². The molecule has 0 atom stereocenters. The summed E-state index contributed by atoms with van der Waals surface area (Å²) in [6.07, 6.45) is 3.79. The zero-order chi connectivity index (χ0) is 10.8. The molecule has 0 N–H and O–H groups in total. The molecule has 1 aromatic rings. The van der Waals surface area contributed by atoms with Gasteiger partial charge in [0.15, 0.2) is 5.15 Å². The van der Waals surface area contributed by atoms with E-state index in [1.165, 1.54) is 12.8 Å². The van der Waals surface area contributed by atoms with Crippen molar-refractivity contribution in [3.05, 3.63) is 16.5 Å². The van der Waals surface area contributed by atoms with Gasteiger partial charge >= 0.3 is 0 Å². The molecule has 0 amide bonds. The van der Waals surface area contributed by atoms with Crippen molar-refractivity contribution in [3.63, 3.8) is 0 Å². The predicted molar refractivity (Wildman–Crippen MR) is 59.4 cm³/mol. The average molecular weight is 227 g/mol. The standard InChI is InChI=1S/C11H15ClN2O/c1-7-8(2)14-11(10(12)13-7)15-6-5-9-3-4-9/h9H,3-6H2,1-2H3. The van der Waals surface area contributed by atoms with Gasteiger partial charge in [0, 0.05) is 0 Å². The Bertz CT molecular complexity index is 364. The molecule has 2 rings (SSSR count). The minimum atomic E-state index is 0.369. The van der Waals surface area contributed by atoms with Crippen LogP contribution < -0.4 is 4.74 Å². The summed E-state index contributed by atoms with van der Waals surface area (Å²) in [6, 6.07) is 0. The van der Waals surface area contributed by atoms with Crippen molar-refractivity contribution in [3.8, 4) is 5.88 Å². The molecule has 0 aliphatic heterocycles. The zero-order valence-electron chi connectivity index (χ0n) is 9.09. The van der Waals surface area contributed by atoms with Gasteiger partial charge in [-0.1, -0.05) is 24.4 Å². The summed E-state index contributed by atoms with van der Waals surface area (Å²) in [5, 5.41) is 0.369. The van der Waals surface area contributed by atoms with Crippen LogP contribution in [0.1, 0.15) is 30.7 Å². The summed E-state index contributed by atoms with van der Waals surface area (Å²) in [4.78, 5) is 8.44. The maximum Gasteiger partial charge on any atom is 0.252 e. The molecule has 1 saturated carbocycles. The highest BCUT2D eigenvalue weighted by Crippen LogP contribution is 2.32. The number of hydrogen-bond acceptors (Lipinski definition) is 3. The van der Waals surface area contributed by atoms with Crippen LogP contribution >= 0.6 is 11.6 Å². The van der Waals surface area contributed by atoms with Crippen molar-refractivity contribution in [2.75, 3.05) is 6.61 Å². The number of hydrogen-bond donors (Lipinski definition) is 0. The van der Waals surface area contributed by atoms with Crippen LogP contribution in [-0.4, -0.2) is 16.6 Å². The van der Waals surface area contributed by atoms with Gasteiger partial charge in [-0.05, 0) is 26.2 Å². The number of nitrogens with zero attached hydrogens (tertiary/aromatic N) is 2. The second-order valence-electron chi connectivity index (χ2n) is 4.07. The third-order valence-corrected chi connectivity index (χ3v) is 2.94. The van der Waals surface area contributed by atoms with E-state index in [2.05, 4.69) is 9.97 Å². The van der Waals surface area contributed by atoms with E-state index in [1.54, 1.807) is 0 Å². The van der Waals surface area contributed by atoms with Gasteiger partial charge in [0.05, 0.1) is 18.0 Å². The lowest BCUT2D eigenvalue weighted by atomic mass is 10.3. The molecule has 1 aliphatic rings. The highest BCUT2D eigenvalue weighted by molar-refractivity contribution is 6.30. The Balaban J connectivity index is 1.96. The molecular weight excluding hydrogens is 212 g/mol. The molecule has 82 valence electrons. The van der Waals surface area contributed by atoms with Gasteiger partial charge in [0.1, 0.15) is 0 Å². The molecular formula is C11H15ClN2O. The van der Waals surface area contributed by atoms with E-state index in [9.17, 15) is 0 Å². The van der Waals surface area contributed by atoms with Crippen molar-refractivity contribution in [1.82, 2.24) is 9.97 Å². The van der Waals surface area contributed by atoms with Crippen molar-refractivity contribution < 1.29 is 4.74 Å². The number of aromatic nitrogens is 2.